The van der Waals surface area contributed by atoms with Crippen molar-refractivity contribution in [2.75, 3.05) is 0 Å². The smallest absolute Gasteiger partial charge is 0.333 e. The third-order valence-corrected chi connectivity index (χ3v) is 6.19. The number of carboxylic acid groups (broad SMARTS) is 1. The molecule has 4 nitrogen and oxygen atoms in total. The minimum Gasteiger partial charge on any atom is -0.478 e. The highest BCUT2D eigenvalue weighted by Crippen LogP contribution is 2.46. The average Bonchev–Trinajstić information content (AvgIpc) is 2.90. The second-order valence-electron chi connectivity index (χ2n) is 9.01. The molecule has 38 heavy (non-hydrogen) atoms. The van der Waals surface area contributed by atoms with Gasteiger partial charge in [0.15, 0.2) is 0 Å². The SMILES string of the molecule is C=C/C=C\C(NC(C)c1cc(C)cc2c1OC(c1cccc(F)c1)=C(C)C2=CCCC)=C(/C)C(=O)O.CC. The van der Waals surface area contributed by atoms with Crippen LogP contribution in [0, 0.1) is 12.7 Å². The normalized spacial score (nSPS) is 15.2. The van der Waals surface area contributed by atoms with Crippen LogP contribution in [0.15, 0.2) is 84.1 Å². The van der Waals surface area contributed by atoms with Gasteiger partial charge in [0, 0.05) is 22.4 Å². The number of fused-ring (bicyclic) bond motifs is 1. The van der Waals surface area contributed by atoms with Gasteiger partial charge in [0.1, 0.15) is 17.3 Å². The van der Waals surface area contributed by atoms with E-state index in [1.165, 1.54) is 12.1 Å². The zero-order chi connectivity index (χ0) is 28.4. The van der Waals surface area contributed by atoms with E-state index in [9.17, 15) is 14.3 Å². The summed E-state index contributed by atoms with van der Waals surface area (Å²) in [5, 5.41) is 12.9. The van der Waals surface area contributed by atoms with E-state index in [1.54, 1.807) is 31.2 Å². The van der Waals surface area contributed by atoms with Gasteiger partial charge in [-0.2, -0.15) is 0 Å². The molecule has 1 aliphatic heterocycles. The molecule has 1 unspecified atom stereocenters. The molecule has 1 heterocycles. The Balaban J connectivity index is 0.00000247. The lowest BCUT2D eigenvalue weighted by Gasteiger charge is -2.29. The number of halogens is 1. The maximum Gasteiger partial charge on any atom is 0.333 e. The van der Waals surface area contributed by atoms with Crippen LogP contribution in [-0.2, 0) is 4.79 Å². The maximum absolute atomic E-state index is 14.1. The molecule has 0 amide bonds. The number of ether oxygens (including phenoxy) is 1. The summed E-state index contributed by atoms with van der Waals surface area (Å²) in [7, 11) is 0. The van der Waals surface area contributed by atoms with Crippen molar-refractivity contribution in [1.29, 1.82) is 0 Å². The van der Waals surface area contributed by atoms with Crippen molar-refractivity contribution < 1.29 is 19.0 Å². The van der Waals surface area contributed by atoms with Gasteiger partial charge in [-0.05, 0) is 75.1 Å². The Labute approximate surface area is 226 Å². The quantitative estimate of drug-likeness (QED) is 0.257. The predicted octanol–water partition coefficient (Wildman–Crippen LogP) is 8.92. The van der Waals surface area contributed by atoms with Crippen LogP contribution < -0.4 is 10.1 Å². The van der Waals surface area contributed by atoms with Crippen molar-refractivity contribution in [3.8, 4) is 5.75 Å². The van der Waals surface area contributed by atoms with E-state index >= 15 is 0 Å². The molecule has 1 aliphatic rings. The van der Waals surface area contributed by atoms with Crippen LogP contribution in [0.5, 0.6) is 5.75 Å². The van der Waals surface area contributed by atoms with Crippen LogP contribution in [0.2, 0.25) is 0 Å². The Morgan fingerprint density at radius 1 is 1.21 bits per heavy atom. The fourth-order valence-electron chi connectivity index (χ4n) is 4.27. The number of carboxylic acids is 1. The van der Waals surface area contributed by atoms with E-state index in [-0.39, 0.29) is 17.4 Å². The minimum absolute atomic E-state index is 0.196. The number of benzene rings is 2. The summed E-state index contributed by atoms with van der Waals surface area (Å²) in [6.07, 6.45) is 9.11. The Hall–Kier alpha value is -3.86. The van der Waals surface area contributed by atoms with Crippen molar-refractivity contribution in [3.63, 3.8) is 0 Å². The molecule has 2 aromatic carbocycles. The van der Waals surface area contributed by atoms with Gasteiger partial charge in [-0.25, -0.2) is 9.18 Å². The number of allylic oxidation sites excluding steroid dienone is 6. The summed E-state index contributed by atoms with van der Waals surface area (Å²) in [5.41, 5.74) is 6.30. The minimum atomic E-state index is -1.00. The van der Waals surface area contributed by atoms with Crippen molar-refractivity contribution in [1.82, 2.24) is 5.32 Å². The molecule has 0 saturated carbocycles. The van der Waals surface area contributed by atoms with Gasteiger partial charge < -0.3 is 15.2 Å². The second-order valence-corrected chi connectivity index (χ2v) is 9.01. The molecule has 3 rings (SSSR count). The van der Waals surface area contributed by atoms with Crippen LogP contribution >= 0.6 is 0 Å². The fourth-order valence-corrected chi connectivity index (χ4v) is 4.27. The number of hydrogen-bond donors (Lipinski definition) is 2. The standard InChI is InChI=1S/C31H34FNO3.C2H6/c1-7-9-14-25-20(4)29(23-12-11-13-24(32)18-23)36-30-26(16-19(3)17-27(25)30)22(6)33-28(15-10-8-2)21(5)31(34)35;1-2/h8,10-18,22,33H,2,7,9H2,1,3-6H3,(H,34,35);1-2H3/b15-10-,25-14?,28-21-;. The van der Waals surface area contributed by atoms with Crippen molar-refractivity contribution in [3.05, 3.63) is 112 Å². The summed E-state index contributed by atoms with van der Waals surface area (Å²) >= 11 is 0. The summed E-state index contributed by atoms with van der Waals surface area (Å²) in [6.45, 7) is 17.4. The lowest BCUT2D eigenvalue weighted by molar-refractivity contribution is -0.132. The zero-order valence-corrected chi connectivity index (χ0v) is 23.6. The van der Waals surface area contributed by atoms with Crippen molar-refractivity contribution >= 4 is 17.3 Å². The molecule has 1 atom stereocenters. The third-order valence-electron chi connectivity index (χ3n) is 6.19. The van der Waals surface area contributed by atoms with Gasteiger partial charge in [0.2, 0.25) is 0 Å². The van der Waals surface area contributed by atoms with Crippen molar-refractivity contribution in [2.24, 2.45) is 0 Å². The van der Waals surface area contributed by atoms with Gasteiger partial charge in [-0.15, -0.1) is 0 Å². The van der Waals surface area contributed by atoms with Crippen LogP contribution in [0.4, 0.5) is 4.39 Å². The van der Waals surface area contributed by atoms with Crippen LogP contribution in [0.25, 0.3) is 11.3 Å². The molecule has 202 valence electrons. The highest BCUT2D eigenvalue weighted by Gasteiger charge is 2.28. The Kier molecular flexibility index (Phi) is 11.3. The van der Waals surface area contributed by atoms with E-state index in [0.717, 1.165) is 40.7 Å². The molecule has 2 N–H and O–H groups in total. The van der Waals surface area contributed by atoms with Crippen LogP contribution in [0.3, 0.4) is 0 Å². The highest BCUT2D eigenvalue weighted by atomic mass is 19.1. The molecule has 0 aromatic heterocycles. The first-order valence-electron chi connectivity index (χ1n) is 13.2. The largest absolute Gasteiger partial charge is 0.478 e. The first-order chi connectivity index (χ1) is 18.2. The van der Waals surface area contributed by atoms with Gasteiger partial charge >= 0.3 is 5.97 Å². The number of aryl methyl sites for hydroxylation is 1. The van der Waals surface area contributed by atoms with Gasteiger partial charge in [0.25, 0.3) is 0 Å². The van der Waals surface area contributed by atoms with Crippen molar-refractivity contribution in [2.45, 2.75) is 67.3 Å². The molecular formula is C33H40FNO3. The van der Waals surface area contributed by atoms with Crippen LogP contribution in [-0.4, -0.2) is 11.1 Å². The maximum atomic E-state index is 14.1. The number of aliphatic carboxylic acids is 1. The number of nitrogens with one attached hydrogen (secondary N) is 1. The molecule has 0 spiro atoms. The average molecular weight is 518 g/mol. The first kappa shape index (κ1) is 30.4. The number of carbonyl (C=O) groups is 1. The molecule has 0 fully saturated rings. The van der Waals surface area contributed by atoms with Gasteiger partial charge in [-0.3, -0.25) is 0 Å². The first-order valence-corrected chi connectivity index (χ1v) is 13.2. The Morgan fingerprint density at radius 3 is 2.53 bits per heavy atom. The lowest BCUT2D eigenvalue weighted by Crippen LogP contribution is -2.22. The third kappa shape index (κ3) is 7.12. The summed E-state index contributed by atoms with van der Waals surface area (Å²) in [6, 6.07) is 10.3. The molecule has 0 aliphatic carbocycles. The molecule has 0 saturated heterocycles. The lowest BCUT2D eigenvalue weighted by atomic mass is 9.88. The summed E-state index contributed by atoms with van der Waals surface area (Å²) in [5.74, 6) is -0.0235. The van der Waals surface area contributed by atoms with E-state index in [1.807, 2.05) is 46.8 Å². The Morgan fingerprint density at radius 2 is 1.92 bits per heavy atom. The molecule has 0 radical (unpaired) electrons. The van der Waals surface area contributed by atoms with E-state index in [4.69, 9.17) is 4.74 Å². The van der Waals surface area contributed by atoms with Crippen LogP contribution in [0.1, 0.15) is 82.7 Å². The summed E-state index contributed by atoms with van der Waals surface area (Å²) < 4.78 is 20.7. The van der Waals surface area contributed by atoms with Gasteiger partial charge in [-0.1, -0.05) is 70.2 Å². The predicted molar refractivity (Wildman–Crippen MR) is 156 cm³/mol. The summed E-state index contributed by atoms with van der Waals surface area (Å²) in [4.78, 5) is 11.7. The molecule has 2 aromatic rings. The van der Waals surface area contributed by atoms with E-state index < -0.39 is 5.97 Å². The number of rotatable bonds is 9. The molecule has 0 bridgehead atoms. The monoisotopic (exact) mass is 517 g/mol. The molecular weight excluding hydrogens is 477 g/mol. The van der Waals surface area contributed by atoms with E-state index in [0.29, 0.717) is 22.8 Å². The zero-order valence-electron chi connectivity index (χ0n) is 23.6. The fraction of sp³-hybridized carbons (Fsp3) is 0.303. The topological polar surface area (TPSA) is 58.6 Å². The van der Waals surface area contributed by atoms with Gasteiger partial charge in [0.05, 0.1) is 11.6 Å². The Bertz CT molecular complexity index is 1300. The second kappa shape index (κ2) is 14.2. The van der Waals surface area contributed by atoms with E-state index in [2.05, 4.69) is 31.0 Å². The number of unbranched alkanes of at least 4 members (excludes halogenated alkanes) is 1. The highest BCUT2D eigenvalue weighted by molar-refractivity contribution is 5.93. The molecule has 5 heteroatoms. The number of hydrogen-bond acceptors (Lipinski definition) is 3.